The van der Waals surface area contributed by atoms with Gasteiger partial charge in [0.25, 0.3) is 0 Å². The summed E-state index contributed by atoms with van der Waals surface area (Å²) in [5.41, 5.74) is 10.1. The van der Waals surface area contributed by atoms with Gasteiger partial charge in [0.05, 0.1) is 6.04 Å². The first-order chi connectivity index (χ1) is 9.41. The Bertz CT molecular complexity index is 496. The van der Waals surface area contributed by atoms with Gasteiger partial charge in [0.2, 0.25) is 5.91 Å². The van der Waals surface area contributed by atoms with Gasteiger partial charge in [-0.25, -0.2) is 0 Å². The SMILES string of the molecule is Cc1ccc(C2C(N)CCCC(=O)N2C(C)C)cc1C. The lowest BCUT2D eigenvalue weighted by atomic mass is 9.93. The van der Waals surface area contributed by atoms with Crippen LogP contribution in [0.15, 0.2) is 18.2 Å². The van der Waals surface area contributed by atoms with Crippen LogP contribution in [0.4, 0.5) is 0 Å². The molecule has 0 aliphatic carbocycles. The highest BCUT2D eigenvalue weighted by Gasteiger charge is 2.34. The molecule has 1 aliphatic rings. The second-order valence-corrected chi connectivity index (χ2v) is 6.24. The van der Waals surface area contributed by atoms with E-state index in [-0.39, 0.29) is 24.0 Å². The number of nitrogens with zero attached hydrogens (tertiary/aromatic N) is 1. The summed E-state index contributed by atoms with van der Waals surface area (Å²) < 4.78 is 0. The van der Waals surface area contributed by atoms with Crippen LogP contribution < -0.4 is 5.73 Å². The minimum absolute atomic E-state index is 0.00398. The maximum Gasteiger partial charge on any atom is 0.223 e. The molecule has 0 radical (unpaired) electrons. The molecule has 0 spiro atoms. The quantitative estimate of drug-likeness (QED) is 0.900. The van der Waals surface area contributed by atoms with Crippen LogP contribution in [0.2, 0.25) is 0 Å². The zero-order valence-corrected chi connectivity index (χ0v) is 13.0. The van der Waals surface area contributed by atoms with Crippen LogP contribution in [0.25, 0.3) is 0 Å². The molecule has 1 aliphatic heterocycles. The highest BCUT2D eigenvalue weighted by Crippen LogP contribution is 2.32. The van der Waals surface area contributed by atoms with Crippen molar-refractivity contribution in [3.63, 3.8) is 0 Å². The molecule has 1 saturated heterocycles. The lowest BCUT2D eigenvalue weighted by Crippen LogP contribution is -2.45. The van der Waals surface area contributed by atoms with Crippen LogP contribution in [0.5, 0.6) is 0 Å². The fourth-order valence-electron chi connectivity index (χ4n) is 3.10. The maximum absolute atomic E-state index is 12.4. The van der Waals surface area contributed by atoms with E-state index in [4.69, 9.17) is 5.73 Å². The molecular formula is C17H26N2O. The molecule has 20 heavy (non-hydrogen) atoms. The summed E-state index contributed by atoms with van der Waals surface area (Å²) >= 11 is 0. The first-order valence-corrected chi connectivity index (χ1v) is 7.55. The van der Waals surface area contributed by atoms with Gasteiger partial charge in [0, 0.05) is 18.5 Å². The number of benzene rings is 1. The fraction of sp³-hybridized carbons (Fsp3) is 0.588. The fourth-order valence-corrected chi connectivity index (χ4v) is 3.10. The van der Waals surface area contributed by atoms with Gasteiger partial charge in [-0.3, -0.25) is 4.79 Å². The number of carbonyl (C=O) groups excluding carboxylic acids is 1. The van der Waals surface area contributed by atoms with Crippen molar-refractivity contribution in [2.75, 3.05) is 0 Å². The maximum atomic E-state index is 12.4. The summed E-state index contributed by atoms with van der Waals surface area (Å²) in [7, 11) is 0. The smallest absolute Gasteiger partial charge is 0.223 e. The number of hydrogen-bond acceptors (Lipinski definition) is 2. The monoisotopic (exact) mass is 274 g/mol. The van der Waals surface area contributed by atoms with E-state index in [0.29, 0.717) is 6.42 Å². The molecule has 0 bridgehead atoms. The summed E-state index contributed by atoms with van der Waals surface area (Å²) in [5, 5.41) is 0. The highest BCUT2D eigenvalue weighted by atomic mass is 16.2. The van der Waals surface area contributed by atoms with Crippen molar-refractivity contribution in [1.82, 2.24) is 4.90 Å². The number of rotatable bonds is 2. The standard InChI is InChI=1S/C17H26N2O/c1-11(2)19-16(20)7-5-6-15(18)17(19)14-9-8-12(3)13(4)10-14/h8-11,15,17H,5-7,18H2,1-4H3. The molecule has 3 nitrogen and oxygen atoms in total. The highest BCUT2D eigenvalue weighted by molar-refractivity contribution is 5.77. The summed E-state index contributed by atoms with van der Waals surface area (Å²) in [6.45, 7) is 8.37. The van der Waals surface area contributed by atoms with E-state index < -0.39 is 0 Å². The topological polar surface area (TPSA) is 46.3 Å². The summed E-state index contributed by atoms with van der Waals surface area (Å²) in [6, 6.07) is 6.65. The Balaban J connectivity index is 2.45. The third-order valence-electron chi connectivity index (χ3n) is 4.35. The molecule has 1 aromatic carbocycles. The van der Waals surface area contributed by atoms with Crippen LogP contribution in [-0.4, -0.2) is 22.9 Å². The summed E-state index contributed by atoms with van der Waals surface area (Å²) in [6.07, 6.45) is 2.42. The molecule has 3 heteroatoms. The van der Waals surface area contributed by atoms with E-state index in [9.17, 15) is 4.79 Å². The van der Waals surface area contributed by atoms with Crippen molar-refractivity contribution < 1.29 is 4.79 Å². The van der Waals surface area contributed by atoms with Gasteiger partial charge < -0.3 is 10.6 Å². The van der Waals surface area contributed by atoms with Gasteiger partial charge in [-0.15, -0.1) is 0 Å². The van der Waals surface area contributed by atoms with Gasteiger partial charge in [-0.05, 0) is 57.2 Å². The predicted molar refractivity (Wildman–Crippen MR) is 82.5 cm³/mol. The molecule has 2 atom stereocenters. The first kappa shape index (κ1) is 15.0. The van der Waals surface area contributed by atoms with Crippen LogP contribution >= 0.6 is 0 Å². The molecule has 0 aromatic heterocycles. The van der Waals surface area contributed by atoms with Gasteiger partial charge in [-0.1, -0.05) is 18.2 Å². The summed E-state index contributed by atoms with van der Waals surface area (Å²) in [5.74, 6) is 0.233. The molecule has 1 amide bonds. The lowest BCUT2D eigenvalue weighted by Gasteiger charge is -2.37. The molecule has 2 rings (SSSR count). The zero-order chi connectivity index (χ0) is 14.9. The minimum Gasteiger partial charge on any atom is -0.332 e. The molecule has 0 saturated carbocycles. The Kier molecular flexibility index (Phi) is 4.48. The average molecular weight is 274 g/mol. The third-order valence-corrected chi connectivity index (χ3v) is 4.35. The van der Waals surface area contributed by atoms with Crippen LogP contribution in [-0.2, 0) is 4.79 Å². The van der Waals surface area contributed by atoms with Gasteiger partial charge in [0.1, 0.15) is 0 Å². The molecule has 1 fully saturated rings. The van der Waals surface area contributed by atoms with Gasteiger partial charge in [0.15, 0.2) is 0 Å². The van der Waals surface area contributed by atoms with E-state index >= 15 is 0 Å². The largest absolute Gasteiger partial charge is 0.332 e. The molecule has 2 N–H and O–H groups in total. The molecule has 1 aromatic rings. The van der Waals surface area contributed by atoms with E-state index in [1.807, 2.05) is 4.90 Å². The molecule has 2 unspecified atom stereocenters. The van der Waals surface area contributed by atoms with Gasteiger partial charge in [-0.2, -0.15) is 0 Å². The van der Waals surface area contributed by atoms with Crippen LogP contribution in [0.3, 0.4) is 0 Å². The number of hydrogen-bond donors (Lipinski definition) is 1. The third kappa shape index (κ3) is 2.88. The molecule has 1 heterocycles. The Morgan fingerprint density at radius 1 is 1.25 bits per heavy atom. The van der Waals surface area contributed by atoms with E-state index in [0.717, 1.165) is 12.8 Å². The number of aryl methyl sites for hydroxylation is 2. The number of carbonyl (C=O) groups is 1. The molecule has 110 valence electrons. The Labute approximate surface area is 122 Å². The Morgan fingerprint density at radius 2 is 1.95 bits per heavy atom. The average Bonchev–Trinajstić information content (AvgIpc) is 2.52. The van der Waals surface area contributed by atoms with Crippen molar-refractivity contribution >= 4 is 5.91 Å². The minimum atomic E-state index is 0.00398. The Morgan fingerprint density at radius 3 is 2.55 bits per heavy atom. The number of likely N-dealkylation sites (tertiary alicyclic amines) is 1. The first-order valence-electron chi connectivity index (χ1n) is 7.55. The van der Waals surface area contributed by atoms with E-state index in [2.05, 4.69) is 45.9 Å². The zero-order valence-electron chi connectivity index (χ0n) is 13.0. The predicted octanol–water partition coefficient (Wildman–Crippen LogP) is 3.09. The van der Waals surface area contributed by atoms with Crippen LogP contribution in [0, 0.1) is 13.8 Å². The molecular weight excluding hydrogens is 248 g/mol. The second-order valence-electron chi connectivity index (χ2n) is 6.24. The lowest BCUT2D eigenvalue weighted by molar-refractivity contribution is -0.135. The van der Waals surface area contributed by atoms with Crippen molar-refractivity contribution in [3.05, 3.63) is 34.9 Å². The van der Waals surface area contributed by atoms with Crippen molar-refractivity contribution in [2.24, 2.45) is 5.73 Å². The normalized spacial score (nSPS) is 24.1. The van der Waals surface area contributed by atoms with E-state index in [1.54, 1.807) is 0 Å². The van der Waals surface area contributed by atoms with Crippen molar-refractivity contribution in [2.45, 2.75) is 65.1 Å². The van der Waals surface area contributed by atoms with Crippen molar-refractivity contribution in [1.29, 1.82) is 0 Å². The second kappa shape index (κ2) is 5.96. The summed E-state index contributed by atoms with van der Waals surface area (Å²) in [4.78, 5) is 14.4. The van der Waals surface area contributed by atoms with Gasteiger partial charge >= 0.3 is 0 Å². The van der Waals surface area contributed by atoms with Crippen molar-refractivity contribution in [3.8, 4) is 0 Å². The van der Waals surface area contributed by atoms with Crippen LogP contribution in [0.1, 0.15) is 55.8 Å². The van der Waals surface area contributed by atoms with E-state index in [1.165, 1.54) is 16.7 Å². The number of amides is 1. The number of nitrogens with two attached hydrogens (primary N) is 1. The Hall–Kier alpha value is -1.35.